The number of benzene rings is 1. The van der Waals surface area contributed by atoms with Crippen molar-refractivity contribution < 1.29 is 4.42 Å². The Morgan fingerprint density at radius 2 is 1.96 bits per heavy atom. The van der Waals surface area contributed by atoms with Crippen LogP contribution >= 0.6 is 0 Å². The Kier molecular flexibility index (Phi) is 5.18. The van der Waals surface area contributed by atoms with Crippen molar-refractivity contribution in [1.82, 2.24) is 15.2 Å². The molecule has 2 aromatic rings. The maximum atomic E-state index is 5.59. The number of aliphatic imine (C=N–C) groups is 1. The standard InChI is InChI=1S/C19H26N4O/c1-14-9-15(2)12-23(11-14)19(20-3)21-10-17-13-24-18(22-17)16-7-5-4-6-8-16/h4-8,13-15H,9-12H2,1-3H3,(H,20,21). The van der Waals surface area contributed by atoms with Crippen molar-refractivity contribution in [3.63, 3.8) is 0 Å². The Morgan fingerprint density at radius 3 is 2.62 bits per heavy atom. The van der Waals surface area contributed by atoms with E-state index in [0.29, 0.717) is 24.3 Å². The van der Waals surface area contributed by atoms with Crippen LogP contribution in [0, 0.1) is 11.8 Å². The van der Waals surface area contributed by atoms with Crippen LogP contribution in [0.1, 0.15) is 26.0 Å². The van der Waals surface area contributed by atoms with E-state index in [1.807, 2.05) is 37.4 Å². The summed E-state index contributed by atoms with van der Waals surface area (Å²) in [6, 6.07) is 9.95. The second-order valence-corrected chi connectivity index (χ2v) is 6.76. The highest BCUT2D eigenvalue weighted by atomic mass is 16.3. The van der Waals surface area contributed by atoms with E-state index in [0.717, 1.165) is 30.3 Å². The zero-order valence-electron chi connectivity index (χ0n) is 14.7. The van der Waals surface area contributed by atoms with Crippen LogP contribution in [0.3, 0.4) is 0 Å². The summed E-state index contributed by atoms with van der Waals surface area (Å²) in [5.74, 6) is 2.99. The zero-order chi connectivity index (χ0) is 16.9. The monoisotopic (exact) mass is 326 g/mol. The topological polar surface area (TPSA) is 53.7 Å². The number of piperidine rings is 1. The smallest absolute Gasteiger partial charge is 0.226 e. The van der Waals surface area contributed by atoms with E-state index < -0.39 is 0 Å². The lowest BCUT2D eigenvalue weighted by molar-refractivity contribution is 0.208. The third-order valence-electron chi connectivity index (χ3n) is 4.38. The van der Waals surface area contributed by atoms with Crippen LogP contribution in [0.2, 0.25) is 0 Å². The Balaban J connectivity index is 1.61. The molecule has 0 radical (unpaired) electrons. The van der Waals surface area contributed by atoms with Crippen molar-refractivity contribution in [1.29, 1.82) is 0 Å². The molecule has 1 aromatic carbocycles. The Labute approximate surface area is 143 Å². The van der Waals surface area contributed by atoms with E-state index in [4.69, 9.17) is 4.42 Å². The number of rotatable bonds is 3. The SMILES string of the molecule is CN=C(NCc1coc(-c2ccccc2)n1)N1CC(C)CC(C)C1. The minimum atomic E-state index is 0.613. The Morgan fingerprint density at radius 1 is 1.25 bits per heavy atom. The summed E-state index contributed by atoms with van der Waals surface area (Å²) in [5.41, 5.74) is 1.87. The normalized spacial score (nSPS) is 21.8. The van der Waals surface area contributed by atoms with Gasteiger partial charge >= 0.3 is 0 Å². The first-order valence-corrected chi connectivity index (χ1v) is 8.61. The molecule has 5 heteroatoms. The number of guanidine groups is 1. The van der Waals surface area contributed by atoms with E-state index in [-0.39, 0.29) is 0 Å². The van der Waals surface area contributed by atoms with Crippen LogP contribution in [0.25, 0.3) is 11.5 Å². The first-order chi connectivity index (χ1) is 11.7. The molecule has 0 spiro atoms. The van der Waals surface area contributed by atoms with Gasteiger partial charge in [-0.05, 0) is 30.4 Å². The molecule has 0 saturated carbocycles. The maximum absolute atomic E-state index is 5.59. The quantitative estimate of drug-likeness (QED) is 0.694. The fourth-order valence-corrected chi connectivity index (χ4v) is 3.44. The first kappa shape index (κ1) is 16.6. The van der Waals surface area contributed by atoms with Gasteiger partial charge in [-0.1, -0.05) is 32.0 Å². The molecule has 128 valence electrons. The van der Waals surface area contributed by atoms with Crippen LogP contribution in [-0.2, 0) is 6.54 Å². The molecule has 1 aliphatic rings. The molecular formula is C19H26N4O. The highest BCUT2D eigenvalue weighted by Crippen LogP contribution is 2.21. The van der Waals surface area contributed by atoms with Gasteiger partial charge in [0.2, 0.25) is 5.89 Å². The highest BCUT2D eigenvalue weighted by molar-refractivity contribution is 5.80. The number of nitrogens with zero attached hydrogens (tertiary/aromatic N) is 3. The molecule has 0 amide bonds. The molecule has 0 aliphatic carbocycles. The van der Waals surface area contributed by atoms with Gasteiger partial charge in [0.15, 0.2) is 5.96 Å². The number of nitrogens with one attached hydrogen (secondary N) is 1. The molecule has 2 heterocycles. The zero-order valence-corrected chi connectivity index (χ0v) is 14.7. The van der Waals surface area contributed by atoms with Crippen molar-refractivity contribution in [2.24, 2.45) is 16.8 Å². The summed E-state index contributed by atoms with van der Waals surface area (Å²) < 4.78 is 5.59. The third-order valence-corrected chi connectivity index (χ3v) is 4.38. The van der Waals surface area contributed by atoms with Gasteiger partial charge in [-0.2, -0.15) is 0 Å². The van der Waals surface area contributed by atoms with Gasteiger partial charge in [0.05, 0.1) is 12.2 Å². The lowest BCUT2D eigenvalue weighted by Crippen LogP contribution is -2.48. The van der Waals surface area contributed by atoms with Crippen molar-refractivity contribution >= 4 is 5.96 Å². The summed E-state index contributed by atoms with van der Waals surface area (Å²) in [6.07, 6.45) is 3.00. The van der Waals surface area contributed by atoms with Crippen LogP contribution in [0.4, 0.5) is 0 Å². The molecule has 5 nitrogen and oxygen atoms in total. The first-order valence-electron chi connectivity index (χ1n) is 8.61. The fraction of sp³-hybridized carbons (Fsp3) is 0.474. The van der Waals surface area contributed by atoms with Crippen LogP contribution < -0.4 is 5.32 Å². The molecule has 24 heavy (non-hydrogen) atoms. The second kappa shape index (κ2) is 7.51. The number of hydrogen-bond donors (Lipinski definition) is 1. The molecule has 3 rings (SSSR count). The van der Waals surface area contributed by atoms with Crippen molar-refractivity contribution in [2.75, 3.05) is 20.1 Å². The summed E-state index contributed by atoms with van der Waals surface area (Å²) in [6.45, 7) is 7.33. The molecule has 1 saturated heterocycles. The van der Waals surface area contributed by atoms with Gasteiger partial charge < -0.3 is 14.6 Å². The average molecular weight is 326 g/mol. The number of likely N-dealkylation sites (tertiary alicyclic amines) is 1. The molecule has 0 bridgehead atoms. The lowest BCUT2D eigenvalue weighted by atomic mass is 9.92. The van der Waals surface area contributed by atoms with E-state index >= 15 is 0 Å². The number of oxazole rings is 1. The van der Waals surface area contributed by atoms with Crippen LogP contribution in [0.15, 0.2) is 46.0 Å². The largest absolute Gasteiger partial charge is 0.444 e. The maximum Gasteiger partial charge on any atom is 0.226 e. The van der Waals surface area contributed by atoms with Gasteiger partial charge in [-0.3, -0.25) is 4.99 Å². The van der Waals surface area contributed by atoms with Gasteiger partial charge in [0.25, 0.3) is 0 Å². The number of aromatic nitrogens is 1. The summed E-state index contributed by atoms with van der Waals surface area (Å²) in [4.78, 5) is 11.3. The van der Waals surface area contributed by atoms with Gasteiger partial charge in [-0.25, -0.2) is 4.98 Å². The van der Waals surface area contributed by atoms with Gasteiger partial charge in [-0.15, -0.1) is 0 Å². The van der Waals surface area contributed by atoms with Gasteiger partial charge in [0, 0.05) is 25.7 Å². The predicted molar refractivity (Wildman–Crippen MR) is 96.7 cm³/mol. The number of hydrogen-bond acceptors (Lipinski definition) is 3. The predicted octanol–water partition coefficient (Wildman–Crippen LogP) is 3.39. The lowest BCUT2D eigenvalue weighted by Gasteiger charge is -2.37. The molecule has 2 unspecified atom stereocenters. The molecule has 1 aromatic heterocycles. The van der Waals surface area contributed by atoms with E-state index in [1.165, 1.54) is 6.42 Å². The van der Waals surface area contributed by atoms with Gasteiger partial charge in [0.1, 0.15) is 6.26 Å². The molecular weight excluding hydrogens is 300 g/mol. The van der Waals surface area contributed by atoms with Crippen LogP contribution in [-0.4, -0.2) is 36.0 Å². The minimum absolute atomic E-state index is 0.613. The van der Waals surface area contributed by atoms with E-state index in [2.05, 4.69) is 34.0 Å². The van der Waals surface area contributed by atoms with Crippen molar-refractivity contribution in [2.45, 2.75) is 26.8 Å². The van der Waals surface area contributed by atoms with Crippen molar-refractivity contribution in [3.05, 3.63) is 42.3 Å². The van der Waals surface area contributed by atoms with E-state index in [1.54, 1.807) is 6.26 Å². The summed E-state index contributed by atoms with van der Waals surface area (Å²) >= 11 is 0. The summed E-state index contributed by atoms with van der Waals surface area (Å²) in [5, 5.41) is 3.41. The molecule has 2 atom stereocenters. The minimum Gasteiger partial charge on any atom is -0.444 e. The second-order valence-electron chi connectivity index (χ2n) is 6.76. The molecule has 1 N–H and O–H groups in total. The molecule has 1 fully saturated rings. The fourth-order valence-electron chi connectivity index (χ4n) is 3.44. The average Bonchev–Trinajstić information content (AvgIpc) is 3.04. The molecule has 1 aliphatic heterocycles. The van der Waals surface area contributed by atoms with E-state index in [9.17, 15) is 0 Å². The Hall–Kier alpha value is -2.30. The van der Waals surface area contributed by atoms with Crippen molar-refractivity contribution in [3.8, 4) is 11.5 Å². The third kappa shape index (κ3) is 3.96. The summed E-state index contributed by atoms with van der Waals surface area (Å²) in [7, 11) is 1.84. The van der Waals surface area contributed by atoms with Crippen LogP contribution in [0.5, 0.6) is 0 Å². The Bertz CT molecular complexity index is 670. The highest BCUT2D eigenvalue weighted by Gasteiger charge is 2.24.